The van der Waals surface area contributed by atoms with E-state index in [0.717, 1.165) is 50.8 Å². The lowest BCUT2D eigenvalue weighted by atomic mass is 9.89. The van der Waals surface area contributed by atoms with Crippen LogP contribution in [0.4, 0.5) is 30.2 Å². The quantitative estimate of drug-likeness (QED) is 0.119. The first kappa shape index (κ1) is 71.2. The number of hydrogen-bond donors (Lipinski definition) is 1. The number of fused-ring (bicyclic) bond motifs is 9. The number of furan rings is 3. The molecule has 0 fully saturated rings. The van der Waals surface area contributed by atoms with Crippen molar-refractivity contribution in [3.05, 3.63) is 273 Å². The van der Waals surface area contributed by atoms with Gasteiger partial charge in [-0.1, -0.05) is 93.2 Å². The van der Waals surface area contributed by atoms with Crippen LogP contribution in [0.1, 0.15) is 121 Å². The molecule has 1 N–H and O–H groups in total. The van der Waals surface area contributed by atoms with Crippen molar-refractivity contribution < 1.29 is 75.5 Å². The Bertz CT molecular complexity index is 5830. The highest BCUT2D eigenvalue weighted by molar-refractivity contribution is 7.92. The van der Waals surface area contributed by atoms with E-state index in [1.165, 1.54) is 93.1 Å². The normalized spacial score (nSPS) is 14.8. The van der Waals surface area contributed by atoms with Gasteiger partial charge in [0, 0.05) is 75.5 Å². The summed E-state index contributed by atoms with van der Waals surface area (Å²) < 4.78 is 151. The van der Waals surface area contributed by atoms with E-state index in [0.29, 0.717) is 89.1 Å². The Morgan fingerprint density at radius 3 is 1.18 bits per heavy atom. The predicted molar refractivity (Wildman–Crippen MR) is 396 cm³/mol. The maximum absolute atomic E-state index is 13.6. The molecule has 0 radical (unpaired) electrons. The topological polar surface area (TPSA) is 233 Å². The molecule has 104 heavy (non-hydrogen) atoms. The smallest absolute Gasteiger partial charge is 0.342 e. The standard InChI is InChI=1S/C27H24FNO5S.C27H22FNO5S.C26H23FN2O4S/c2*1-4-33-27(30)25-22-13-21-16(2)20-8-6-5-7-18(20)15-29(35(3,31)32)23(21)14-24(22)34-26(25)17-9-11-19(28)12-10-17;1-15-19-7-5-4-6-17(19)14-29(34(3,31)32)22-13-23-21(12-20(15)22)24(26(30)28-2)25(33-23)16-8-10-18(27)11-9-16/h5-14,16H,4,15H2,1-3H3;5-14H,2,4,15H2,1,3H3;4-13,15H,14H2,1-3H3,(H,28,30). The van der Waals surface area contributed by atoms with Crippen LogP contribution >= 0.6 is 0 Å². The van der Waals surface area contributed by atoms with Crippen molar-refractivity contribution in [1.29, 1.82) is 0 Å². The molecule has 3 aliphatic rings. The average molecular weight is 1460 g/mol. The molecule has 0 saturated heterocycles. The van der Waals surface area contributed by atoms with Crippen LogP contribution in [0, 0.1) is 17.5 Å². The number of nitrogens with one attached hydrogen (secondary N) is 1. The van der Waals surface area contributed by atoms with Crippen molar-refractivity contribution in [3.8, 4) is 34.0 Å². The van der Waals surface area contributed by atoms with Crippen LogP contribution in [0.3, 0.4) is 0 Å². The maximum Gasteiger partial charge on any atom is 0.342 e. The maximum atomic E-state index is 13.6. The van der Waals surface area contributed by atoms with Crippen LogP contribution in [0.15, 0.2) is 202 Å². The van der Waals surface area contributed by atoms with Gasteiger partial charge in [-0.2, -0.15) is 0 Å². The first-order chi connectivity index (χ1) is 49.6. The molecular formula is C80H69F3N4O14S3. The molecule has 12 aromatic rings. The van der Waals surface area contributed by atoms with Gasteiger partial charge < -0.3 is 28.0 Å². The minimum Gasteiger partial charge on any atom is -0.462 e. The number of amides is 1. The van der Waals surface area contributed by atoms with Crippen LogP contribution in [0.2, 0.25) is 0 Å². The Hall–Kier alpha value is -11.2. The molecule has 532 valence electrons. The predicted octanol–water partition coefficient (Wildman–Crippen LogP) is 16.6. The summed E-state index contributed by atoms with van der Waals surface area (Å²) in [5.74, 6) is -2.23. The second kappa shape index (κ2) is 27.9. The Kier molecular flexibility index (Phi) is 19.1. The molecule has 9 aromatic carbocycles. The van der Waals surface area contributed by atoms with Gasteiger partial charge in [-0.25, -0.2) is 48.0 Å². The number of halogens is 3. The minimum atomic E-state index is -3.67. The van der Waals surface area contributed by atoms with Crippen LogP contribution < -0.4 is 18.2 Å². The van der Waals surface area contributed by atoms with E-state index >= 15 is 0 Å². The molecule has 2 unspecified atom stereocenters. The van der Waals surface area contributed by atoms with Gasteiger partial charge in [0.05, 0.1) is 74.2 Å². The van der Waals surface area contributed by atoms with Gasteiger partial charge in [-0.3, -0.25) is 17.7 Å². The first-order valence-corrected chi connectivity index (χ1v) is 38.6. The highest BCUT2D eigenvalue weighted by Crippen LogP contribution is 2.49. The van der Waals surface area contributed by atoms with Crippen molar-refractivity contribution in [3.63, 3.8) is 0 Å². The largest absolute Gasteiger partial charge is 0.462 e. The summed E-state index contributed by atoms with van der Waals surface area (Å²) in [7, 11) is -9.37. The van der Waals surface area contributed by atoms with Gasteiger partial charge in [-0.15, -0.1) is 0 Å². The number of benzene rings is 9. The molecule has 0 bridgehead atoms. The summed E-state index contributed by atoms with van der Waals surface area (Å²) in [6, 6.07) is 50.2. The zero-order valence-corrected chi connectivity index (χ0v) is 60.1. The number of carbonyl (C=O) groups excluding carboxylic acids is 3. The highest BCUT2D eigenvalue weighted by atomic mass is 32.2. The SMILES string of the molecule is C=C1c2ccccc2CN(S(C)(=O)=O)c2cc3oc(-c4ccc(F)cc4)c(C(=O)OCC)c3cc21.CCOC(=O)c1c(-c2ccc(F)cc2)oc2cc3c(cc12)C(C)c1ccccc1CN3S(C)(=O)=O.CNC(=O)c1c(-c2ccc(F)cc2)oc2cc3c(cc12)C(C)c1ccccc1CN3S(C)(=O)=O. The fraction of sp³-hybridized carbons (Fsp3) is 0.188. The number of nitrogens with zero attached hydrogens (tertiary/aromatic N) is 3. The highest BCUT2D eigenvalue weighted by Gasteiger charge is 2.37. The van der Waals surface area contributed by atoms with Gasteiger partial charge in [0.2, 0.25) is 30.1 Å². The molecule has 0 aliphatic carbocycles. The van der Waals surface area contributed by atoms with Crippen molar-refractivity contribution >= 4 is 103 Å². The van der Waals surface area contributed by atoms with Gasteiger partial charge in [0.25, 0.3) is 5.91 Å². The van der Waals surface area contributed by atoms with Gasteiger partial charge in [-0.05, 0) is 155 Å². The summed E-state index contributed by atoms with van der Waals surface area (Å²) in [6.07, 6.45) is 3.51. The van der Waals surface area contributed by atoms with Gasteiger partial charge in [0.1, 0.15) is 62.6 Å². The summed E-state index contributed by atoms with van der Waals surface area (Å²) >= 11 is 0. The van der Waals surface area contributed by atoms with Crippen LogP contribution in [-0.4, -0.2) is 82.1 Å². The Morgan fingerprint density at radius 1 is 0.452 bits per heavy atom. The molecule has 3 aromatic heterocycles. The number of ether oxygens (including phenoxy) is 2. The molecule has 3 aliphatic heterocycles. The van der Waals surface area contributed by atoms with E-state index in [1.54, 1.807) is 50.2 Å². The van der Waals surface area contributed by atoms with Crippen LogP contribution in [-0.2, 0) is 59.2 Å². The first-order valence-electron chi connectivity index (χ1n) is 33.1. The summed E-state index contributed by atoms with van der Waals surface area (Å²) in [5, 5.41) is 4.19. The monoisotopic (exact) mass is 1460 g/mol. The van der Waals surface area contributed by atoms with E-state index in [9.17, 15) is 52.8 Å². The van der Waals surface area contributed by atoms with E-state index in [-0.39, 0.29) is 73.2 Å². The zero-order valence-electron chi connectivity index (χ0n) is 57.6. The Labute approximate surface area is 598 Å². The third kappa shape index (κ3) is 13.4. The lowest BCUT2D eigenvalue weighted by molar-refractivity contribution is 0.0519. The molecule has 18 nitrogen and oxygen atoms in total. The average Bonchev–Trinajstić information content (AvgIpc) is 1.59. The number of esters is 2. The third-order valence-electron chi connectivity index (χ3n) is 18.8. The molecule has 0 spiro atoms. The minimum absolute atomic E-state index is 0.121. The molecule has 15 rings (SSSR count). The zero-order chi connectivity index (χ0) is 74.0. The van der Waals surface area contributed by atoms with E-state index in [1.807, 2.05) is 98.8 Å². The Morgan fingerprint density at radius 2 is 0.788 bits per heavy atom. The number of anilines is 3. The fourth-order valence-electron chi connectivity index (χ4n) is 13.8. The number of carbonyl (C=O) groups is 3. The second-order valence-corrected chi connectivity index (χ2v) is 31.1. The van der Waals surface area contributed by atoms with Crippen molar-refractivity contribution in [2.45, 2.75) is 59.2 Å². The Balaban J connectivity index is 0.000000139. The number of sulfonamides is 3. The third-order valence-corrected chi connectivity index (χ3v) is 22.2. The van der Waals surface area contributed by atoms with E-state index in [4.69, 9.17) is 22.7 Å². The second-order valence-electron chi connectivity index (χ2n) is 25.4. The van der Waals surface area contributed by atoms with Crippen molar-refractivity contribution in [1.82, 2.24) is 5.32 Å². The summed E-state index contributed by atoms with van der Waals surface area (Å²) in [6.45, 7) is 12.6. The van der Waals surface area contributed by atoms with Gasteiger partial charge in [0.15, 0.2) is 0 Å². The van der Waals surface area contributed by atoms with Crippen molar-refractivity contribution in [2.75, 3.05) is 51.9 Å². The van der Waals surface area contributed by atoms with Gasteiger partial charge >= 0.3 is 11.9 Å². The van der Waals surface area contributed by atoms with Crippen molar-refractivity contribution in [2.24, 2.45) is 0 Å². The molecule has 2 atom stereocenters. The number of rotatable bonds is 11. The van der Waals surface area contributed by atoms with Crippen LogP contribution in [0.5, 0.6) is 0 Å². The van der Waals surface area contributed by atoms with E-state index < -0.39 is 59.5 Å². The summed E-state index contributed by atoms with van der Waals surface area (Å²) in [4.78, 5) is 39.0. The lowest BCUT2D eigenvalue weighted by Gasteiger charge is -2.23. The summed E-state index contributed by atoms with van der Waals surface area (Å²) in [5.41, 5.74) is 13.0. The molecule has 0 saturated carbocycles. The van der Waals surface area contributed by atoms with Crippen LogP contribution in [0.25, 0.3) is 72.5 Å². The lowest BCUT2D eigenvalue weighted by Crippen LogP contribution is -2.29. The molecule has 6 heterocycles. The number of hydrogen-bond acceptors (Lipinski definition) is 14. The molecule has 1 amide bonds. The fourth-order valence-corrected chi connectivity index (χ4v) is 16.5. The van der Waals surface area contributed by atoms with E-state index in [2.05, 4.69) is 11.9 Å². The molecular weight excluding hydrogens is 1390 g/mol. The molecule has 24 heteroatoms.